The quantitative estimate of drug-likeness (QED) is 0.0640. The van der Waals surface area contributed by atoms with E-state index in [4.69, 9.17) is 4.74 Å². The van der Waals surface area contributed by atoms with Gasteiger partial charge in [-0.05, 0) is 37.5 Å². The monoisotopic (exact) mass is 909 g/mol. The fourth-order valence-electron chi connectivity index (χ4n) is 9.40. The second kappa shape index (κ2) is 49.9. The lowest BCUT2D eigenvalue weighted by Crippen LogP contribution is -2.26. The molecule has 0 spiro atoms. The van der Waals surface area contributed by atoms with Gasteiger partial charge in [-0.25, -0.2) is 0 Å². The molecule has 0 aromatic heterocycles. The molecule has 5 heteroatoms. The van der Waals surface area contributed by atoms with Crippen LogP contribution < -0.4 is 15.4 Å². The van der Waals surface area contributed by atoms with Crippen LogP contribution in [0.25, 0.3) is 0 Å². The summed E-state index contributed by atoms with van der Waals surface area (Å²) in [6, 6.07) is 5.37. The summed E-state index contributed by atoms with van der Waals surface area (Å²) in [5.41, 5.74) is 1.11. The van der Waals surface area contributed by atoms with Crippen molar-refractivity contribution in [3.8, 4) is 5.75 Å². The molecule has 5 nitrogen and oxygen atoms in total. The van der Waals surface area contributed by atoms with Crippen LogP contribution in [-0.4, -0.2) is 31.5 Å². The van der Waals surface area contributed by atoms with Crippen molar-refractivity contribution in [3.05, 3.63) is 29.3 Å². The number of hydrogen-bond donors (Lipinski definition) is 2. The molecule has 1 aromatic rings. The van der Waals surface area contributed by atoms with Crippen LogP contribution in [0.5, 0.6) is 5.75 Å². The van der Waals surface area contributed by atoms with E-state index in [1.54, 1.807) is 18.2 Å². The molecule has 2 amide bonds. The predicted octanol–water partition coefficient (Wildman–Crippen LogP) is 19.5. The van der Waals surface area contributed by atoms with E-state index in [1.165, 1.54) is 257 Å². The van der Waals surface area contributed by atoms with Crippen molar-refractivity contribution in [2.24, 2.45) is 0 Å². The number of benzene rings is 1. The number of carbonyl (C=O) groups excluding carboxylic acids is 2. The summed E-state index contributed by atoms with van der Waals surface area (Å²) in [4.78, 5) is 26.5. The standard InChI is InChI=1S/C60H112N2O3/c1-4-7-10-13-16-18-20-22-24-26-28-30-32-34-36-38-40-42-44-47-52-61-59(63)56-50-51-57(58(55-56)65-54-49-46-15-12-9-6-3)60(64)62-53-48-45-43-41-39-37-35-33-31-29-27-25-23-21-19-17-14-11-8-5-2/h50-51,55H,4-49,52-54H2,1-3H3,(H,61,63)(H,62,64). The number of unbranched alkanes of at least 4 members (excludes halogenated alkanes) is 43. The molecule has 2 N–H and O–H groups in total. The molecule has 65 heavy (non-hydrogen) atoms. The summed E-state index contributed by atoms with van der Waals surface area (Å²) in [7, 11) is 0. The molecule has 0 aliphatic rings. The van der Waals surface area contributed by atoms with E-state index in [0.29, 0.717) is 36.6 Å². The average Bonchev–Trinajstić information content (AvgIpc) is 3.32. The van der Waals surface area contributed by atoms with E-state index in [-0.39, 0.29) is 11.8 Å². The van der Waals surface area contributed by atoms with Crippen molar-refractivity contribution in [2.45, 2.75) is 316 Å². The van der Waals surface area contributed by atoms with Gasteiger partial charge in [0.25, 0.3) is 11.8 Å². The highest BCUT2D eigenvalue weighted by atomic mass is 16.5. The first-order chi connectivity index (χ1) is 32.1. The van der Waals surface area contributed by atoms with Crippen molar-refractivity contribution in [2.75, 3.05) is 19.7 Å². The lowest BCUT2D eigenvalue weighted by molar-refractivity contribution is 0.0937. The molecule has 0 unspecified atom stereocenters. The van der Waals surface area contributed by atoms with Gasteiger partial charge in [0.15, 0.2) is 0 Å². The van der Waals surface area contributed by atoms with Crippen LogP contribution in [0.3, 0.4) is 0 Å². The summed E-state index contributed by atoms with van der Waals surface area (Å²) in [5.74, 6) is 0.353. The van der Waals surface area contributed by atoms with Crippen molar-refractivity contribution in [1.29, 1.82) is 0 Å². The zero-order chi connectivity index (χ0) is 46.8. The highest BCUT2D eigenvalue weighted by Gasteiger charge is 2.16. The molecule has 0 atom stereocenters. The van der Waals surface area contributed by atoms with Gasteiger partial charge in [0.05, 0.1) is 12.2 Å². The summed E-state index contributed by atoms with van der Waals surface area (Å²) in [6.45, 7) is 8.76. The zero-order valence-electron chi connectivity index (χ0n) is 44.1. The normalized spacial score (nSPS) is 11.4. The summed E-state index contributed by atoms with van der Waals surface area (Å²) in [5, 5.41) is 6.27. The second-order valence-electron chi connectivity index (χ2n) is 20.3. The summed E-state index contributed by atoms with van der Waals surface area (Å²) >= 11 is 0. The number of hydrogen-bond acceptors (Lipinski definition) is 3. The van der Waals surface area contributed by atoms with Crippen molar-refractivity contribution < 1.29 is 14.3 Å². The second-order valence-corrected chi connectivity index (χ2v) is 20.3. The van der Waals surface area contributed by atoms with Crippen LogP contribution in [0.15, 0.2) is 18.2 Å². The third-order valence-corrected chi connectivity index (χ3v) is 13.9. The fourth-order valence-corrected chi connectivity index (χ4v) is 9.40. The number of nitrogens with one attached hydrogen (secondary N) is 2. The van der Waals surface area contributed by atoms with E-state index in [0.717, 1.165) is 38.5 Å². The van der Waals surface area contributed by atoms with E-state index < -0.39 is 0 Å². The molecule has 0 heterocycles. The van der Waals surface area contributed by atoms with Gasteiger partial charge in [-0.15, -0.1) is 0 Å². The molecular formula is C60H112N2O3. The van der Waals surface area contributed by atoms with Gasteiger partial charge in [0.2, 0.25) is 0 Å². The highest BCUT2D eigenvalue weighted by Crippen LogP contribution is 2.23. The van der Waals surface area contributed by atoms with Gasteiger partial charge < -0.3 is 15.4 Å². The SMILES string of the molecule is CCCCCCCCCCCCCCCCCCCCCCNC(=O)c1ccc(C(=O)NCCCCCCCCCCCCCCCCCCCCCC)c(OCCCCCCCC)c1. The molecule has 0 saturated carbocycles. The minimum absolute atomic E-state index is 0.0801. The Labute approximate surface area is 406 Å². The first kappa shape index (κ1) is 61.0. The van der Waals surface area contributed by atoms with Crippen LogP contribution in [-0.2, 0) is 0 Å². The molecule has 0 fully saturated rings. The Kier molecular flexibility index (Phi) is 46.8. The molecule has 0 aliphatic carbocycles. The molecule has 0 bridgehead atoms. The van der Waals surface area contributed by atoms with E-state index in [9.17, 15) is 9.59 Å². The topological polar surface area (TPSA) is 67.4 Å². The largest absolute Gasteiger partial charge is 0.493 e. The Morgan fingerprint density at radius 1 is 0.338 bits per heavy atom. The van der Waals surface area contributed by atoms with Crippen molar-refractivity contribution >= 4 is 11.8 Å². The fraction of sp³-hybridized carbons (Fsp3) is 0.867. The highest BCUT2D eigenvalue weighted by molar-refractivity contribution is 6.00. The van der Waals surface area contributed by atoms with Crippen LogP contribution in [0.4, 0.5) is 0 Å². The zero-order valence-corrected chi connectivity index (χ0v) is 44.1. The maximum atomic E-state index is 13.3. The lowest BCUT2D eigenvalue weighted by atomic mass is 10.0. The molecule has 1 aromatic carbocycles. The van der Waals surface area contributed by atoms with E-state index in [1.807, 2.05) is 0 Å². The Hall–Kier alpha value is -2.04. The summed E-state index contributed by atoms with van der Waals surface area (Å²) in [6.07, 6.45) is 61.8. The molecule has 0 saturated heterocycles. The average molecular weight is 910 g/mol. The number of rotatable bonds is 52. The predicted molar refractivity (Wildman–Crippen MR) is 286 cm³/mol. The van der Waals surface area contributed by atoms with Crippen LogP contribution >= 0.6 is 0 Å². The molecule has 1 rings (SSSR count). The lowest BCUT2D eigenvalue weighted by Gasteiger charge is -2.14. The smallest absolute Gasteiger partial charge is 0.255 e. The van der Waals surface area contributed by atoms with Gasteiger partial charge in [0, 0.05) is 18.7 Å². The van der Waals surface area contributed by atoms with Gasteiger partial charge in [0.1, 0.15) is 5.75 Å². The van der Waals surface area contributed by atoms with Crippen LogP contribution in [0.1, 0.15) is 337 Å². The van der Waals surface area contributed by atoms with E-state index in [2.05, 4.69) is 31.4 Å². The molecule has 0 aliphatic heterocycles. The maximum Gasteiger partial charge on any atom is 0.255 e. The Bertz CT molecular complexity index is 1150. The Morgan fingerprint density at radius 2 is 0.600 bits per heavy atom. The Balaban J connectivity index is 2.20. The number of carbonyl (C=O) groups is 2. The van der Waals surface area contributed by atoms with Gasteiger partial charge in [-0.1, -0.05) is 297 Å². The first-order valence-corrected chi connectivity index (χ1v) is 29.5. The van der Waals surface area contributed by atoms with Gasteiger partial charge in [-0.3, -0.25) is 9.59 Å². The molecule has 0 radical (unpaired) electrons. The van der Waals surface area contributed by atoms with Gasteiger partial charge >= 0.3 is 0 Å². The summed E-state index contributed by atoms with van der Waals surface area (Å²) < 4.78 is 6.21. The van der Waals surface area contributed by atoms with Crippen LogP contribution in [0, 0.1) is 0 Å². The third kappa shape index (κ3) is 40.7. The number of ether oxygens (including phenoxy) is 1. The Morgan fingerprint density at radius 3 is 0.908 bits per heavy atom. The van der Waals surface area contributed by atoms with Crippen molar-refractivity contribution in [3.63, 3.8) is 0 Å². The number of amides is 2. The third-order valence-electron chi connectivity index (χ3n) is 13.9. The molecule has 380 valence electrons. The minimum atomic E-state index is -0.1000. The van der Waals surface area contributed by atoms with E-state index >= 15 is 0 Å². The van der Waals surface area contributed by atoms with Gasteiger partial charge in [-0.2, -0.15) is 0 Å². The van der Waals surface area contributed by atoms with Crippen LogP contribution in [0.2, 0.25) is 0 Å². The first-order valence-electron chi connectivity index (χ1n) is 29.5. The minimum Gasteiger partial charge on any atom is -0.493 e. The van der Waals surface area contributed by atoms with Crippen molar-refractivity contribution in [1.82, 2.24) is 10.6 Å². The maximum absolute atomic E-state index is 13.3. The molecular weight excluding hydrogens is 797 g/mol.